The van der Waals surface area contributed by atoms with E-state index >= 15 is 0 Å². The lowest BCUT2D eigenvalue weighted by Crippen LogP contribution is -2.26. The normalized spacial score (nSPS) is 11.4. The number of hydrogen-bond acceptors (Lipinski definition) is 1. The molecule has 2 rings (SSSR count). The summed E-state index contributed by atoms with van der Waals surface area (Å²) < 4.78 is 5.60. The van der Waals surface area contributed by atoms with Gasteiger partial charge < -0.3 is 4.74 Å². The maximum absolute atomic E-state index is 5.60. The van der Waals surface area contributed by atoms with Gasteiger partial charge in [-0.15, -0.1) is 0 Å². The number of rotatable bonds is 3. The molecule has 0 spiro atoms. The first kappa shape index (κ1) is 10.9. The summed E-state index contributed by atoms with van der Waals surface area (Å²) in [4.78, 5) is 0. The zero-order chi connectivity index (χ0) is 11.4. The van der Waals surface area contributed by atoms with Gasteiger partial charge in [0.15, 0.2) is 0 Å². The second-order valence-corrected chi connectivity index (χ2v) is 3.76. The third kappa shape index (κ3) is 1.86. The van der Waals surface area contributed by atoms with Crippen LogP contribution in [0.25, 0.3) is 0 Å². The molecule has 1 heteroatoms. The van der Waals surface area contributed by atoms with Crippen LogP contribution in [0.15, 0.2) is 60.7 Å². The van der Waals surface area contributed by atoms with E-state index in [1.54, 1.807) is 7.11 Å². The van der Waals surface area contributed by atoms with Crippen molar-refractivity contribution in [2.45, 2.75) is 5.60 Å². The van der Waals surface area contributed by atoms with Gasteiger partial charge in [0, 0.05) is 7.11 Å². The predicted molar refractivity (Wildman–Crippen MR) is 66.0 cm³/mol. The van der Waals surface area contributed by atoms with Crippen molar-refractivity contribution >= 4 is 0 Å². The Morgan fingerprint density at radius 1 is 0.812 bits per heavy atom. The van der Waals surface area contributed by atoms with Crippen LogP contribution in [0.3, 0.4) is 0 Å². The second-order valence-electron chi connectivity index (χ2n) is 3.76. The third-order valence-corrected chi connectivity index (χ3v) is 2.83. The Hall–Kier alpha value is -1.60. The number of methoxy groups -OCH3 is 1. The van der Waals surface area contributed by atoms with Crippen LogP contribution in [0.4, 0.5) is 0 Å². The van der Waals surface area contributed by atoms with Crippen molar-refractivity contribution in [1.82, 2.24) is 0 Å². The van der Waals surface area contributed by atoms with Crippen molar-refractivity contribution in [1.29, 1.82) is 0 Å². The zero-order valence-electron chi connectivity index (χ0n) is 9.39. The molecule has 0 aliphatic heterocycles. The van der Waals surface area contributed by atoms with E-state index in [0.29, 0.717) is 0 Å². The molecule has 0 amide bonds. The van der Waals surface area contributed by atoms with Gasteiger partial charge in [0.05, 0.1) is 0 Å². The van der Waals surface area contributed by atoms with Gasteiger partial charge in [0.2, 0.25) is 0 Å². The van der Waals surface area contributed by atoms with Crippen molar-refractivity contribution in [3.8, 4) is 0 Å². The standard InChI is InChI=1S/C15H15O/c1-15(16-2,13-9-5-3-6-10-13)14-11-7-4-8-12-14/h3-12H,1H2,2H3. The van der Waals surface area contributed by atoms with Gasteiger partial charge in [-0.1, -0.05) is 60.7 Å². The minimum atomic E-state index is -0.622. The summed E-state index contributed by atoms with van der Waals surface area (Å²) in [5.41, 5.74) is 1.50. The van der Waals surface area contributed by atoms with Crippen LogP contribution in [-0.4, -0.2) is 7.11 Å². The molecule has 0 aromatic heterocycles. The van der Waals surface area contributed by atoms with Crippen LogP contribution in [-0.2, 0) is 10.3 Å². The Balaban J connectivity index is 2.49. The molecule has 0 unspecified atom stereocenters. The maximum Gasteiger partial charge on any atom is 0.118 e. The average molecular weight is 211 g/mol. The van der Waals surface area contributed by atoms with Crippen LogP contribution >= 0.6 is 0 Å². The Bertz CT molecular complexity index is 394. The quantitative estimate of drug-likeness (QED) is 0.756. The number of hydrogen-bond donors (Lipinski definition) is 0. The van der Waals surface area contributed by atoms with E-state index in [4.69, 9.17) is 4.74 Å². The molecule has 0 bridgehead atoms. The molecule has 2 aromatic carbocycles. The summed E-state index contributed by atoms with van der Waals surface area (Å²) in [6, 6.07) is 20.1. The van der Waals surface area contributed by atoms with Crippen molar-refractivity contribution < 1.29 is 4.74 Å². The summed E-state index contributed by atoms with van der Waals surface area (Å²) >= 11 is 0. The van der Waals surface area contributed by atoms with Crippen LogP contribution in [0, 0.1) is 6.92 Å². The molecule has 0 saturated carbocycles. The molecule has 1 radical (unpaired) electrons. The van der Waals surface area contributed by atoms with Gasteiger partial charge in [0.1, 0.15) is 5.60 Å². The lowest BCUT2D eigenvalue weighted by Gasteiger charge is -2.29. The minimum absolute atomic E-state index is 0.622. The topological polar surface area (TPSA) is 9.23 Å². The Labute approximate surface area is 96.7 Å². The van der Waals surface area contributed by atoms with E-state index in [-0.39, 0.29) is 0 Å². The molecule has 0 saturated heterocycles. The van der Waals surface area contributed by atoms with Gasteiger partial charge in [-0.05, 0) is 18.1 Å². The first-order valence-electron chi connectivity index (χ1n) is 5.29. The summed E-state index contributed by atoms with van der Waals surface area (Å²) in [6.07, 6.45) is 0. The molecule has 0 aliphatic rings. The van der Waals surface area contributed by atoms with Gasteiger partial charge in [-0.3, -0.25) is 0 Å². The highest BCUT2D eigenvalue weighted by molar-refractivity contribution is 5.37. The molecule has 0 atom stereocenters. The van der Waals surface area contributed by atoms with Gasteiger partial charge >= 0.3 is 0 Å². The highest BCUT2D eigenvalue weighted by Gasteiger charge is 2.27. The first-order valence-corrected chi connectivity index (χ1v) is 5.29. The Morgan fingerprint density at radius 2 is 1.19 bits per heavy atom. The van der Waals surface area contributed by atoms with E-state index in [1.807, 2.05) is 60.7 Å². The van der Waals surface area contributed by atoms with Gasteiger partial charge in [0.25, 0.3) is 0 Å². The summed E-state index contributed by atoms with van der Waals surface area (Å²) in [7, 11) is 1.69. The minimum Gasteiger partial charge on any atom is -0.369 e. The van der Waals surface area contributed by atoms with Crippen molar-refractivity contribution in [2.24, 2.45) is 0 Å². The van der Waals surface area contributed by atoms with Crippen molar-refractivity contribution in [3.05, 3.63) is 78.7 Å². The van der Waals surface area contributed by atoms with Gasteiger partial charge in [-0.25, -0.2) is 0 Å². The molecule has 0 heterocycles. The second kappa shape index (κ2) is 4.50. The highest BCUT2D eigenvalue weighted by atomic mass is 16.5. The Kier molecular flexibility index (Phi) is 3.07. The molecule has 0 fully saturated rings. The molecule has 81 valence electrons. The fraction of sp³-hybridized carbons (Fsp3) is 0.133. The van der Waals surface area contributed by atoms with Crippen LogP contribution < -0.4 is 0 Å². The molecule has 2 aromatic rings. The van der Waals surface area contributed by atoms with Crippen molar-refractivity contribution in [2.75, 3.05) is 7.11 Å². The number of ether oxygens (including phenoxy) is 1. The monoisotopic (exact) mass is 211 g/mol. The first-order chi connectivity index (χ1) is 7.77. The van der Waals surface area contributed by atoms with Gasteiger partial charge in [-0.2, -0.15) is 0 Å². The summed E-state index contributed by atoms with van der Waals surface area (Å²) in [6.45, 7) is 4.21. The molecular formula is C15H15O. The molecular weight excluding hydrogens is 196 g/mol. The van der Waals surface area contributed by atoms with E-state index in [0.717, 1.165) is 11.1 Å². The average Bonchev–Trinajstić information content (AvgIpc) is 2.40. The van der Waals surface area contributed by atoms with E-state index < -0.39 is 5.60 Å². The lowest BCUT2D eigenvalue weighted by molar-refractivity contribution is 0.0629. The van der Waals surface area contributed by atoms with E-state index in [2.05, 4.69) is 6.92 Å². The summed E-state index contributed by atoms with van der Waals surface area (Å²) in [5, 5.41) is 0. The fourth-order valence-electron chi connectivity index (χ4n) is 1.82. The maximum atomic E-state index is 5.60. The van der Waals surface area contributed by atoms with Crippen LogP contribution in [0.5, 0.6) is 0 Å². The largest absolute Gasteiger partial charge is 0.369 e. The third-order valence-electron chi connectivity index (χ3n) is 2.83. The van der Waals surface area contributed by atoms with E-state index in [9.17, 15) is 0 Å². The zero-order valence-corrected chi connectivity index (χ0v) is 9.39. The fourth-order valence-corrected chi connectivity index (χ4v) is 1.82. The lowest BCUT2D eigenvalue weighted by atomic mass is 9.88. The molecule has 0 aliphatic carbocycles. The Morgan fingerprint density at radius 3 is 1.50 bits per heavy atom. The van der Waals surface area contributed by atoms with E-state index in [1.165, 1.54) is 0 Å². The molecule has 0 N–H and O–H groups in total. The molecule has 1 nitrogen and oxygen atoms in total. The summed E-state index contributed by atoms with van der Waals surface area (Å²) in [5.74, 6) is 0. The van der Waals surface area contributed by atoms with Crippen LogP contribution in [0.1, 0.15) is 11.1 Å². The predicted octanol–water partition coefficient (Wildman–Crippen LogP) is 3.41. The number of benzene rings is 2. The molecule has 16 heavy (non-hydrogen) atoms. The SMILES string of the molecule is [CH2]C(OC)(c1ccccc1)c1ccccc1. The smallest absolute Gasteiger partial charge is 0.118 e. The van der Waals surface area contributed by atoms with Crippen molar-refractivity contribution in [3.63, 3.8) is 0 Å². The van der Waals surface area contributed by atoms with Crippen LogP contribution in [0.2, 0.25) is 0 Å². The highest BCUT2D eigenvalue weighted by Crippen LogP contribution is 2.31.